The largest absolute Gasteiger partial charge is 0.494 e. The molecule has 3 aliphatic rings. The molecule has 1 aromatic heterocycles. The Morgan fingerprint density at radius 3 is 2.75 bits per heavy atom. The first-order chi connectivity index (χ1) is 11.8. The number of benzene rings is 1. The molecular weight excluding hydrogens is 306 g/mol. The number of hydrogen-bond acceptors (Lipinski definition) is 5. The summed E-state index contributed by atoms with van der Waals surface area (Å²) < 4.78 is 6.85. The fraction of sp³-hybridized carbons (Fsp3) is 0.529. The summed E-state index contributed by atoms with van der Waals surface area (Å²) in [4.78, 5) is 12.7. The Morgan fingerprint density at radius 2 is 2.08 bits per heavy atom. The first-order valence-corrected chi connectivity index (χ1v) is 8.48. The molecule has 124 valence electrons. The van der Waals surface area contributed by atoms with E-state index in [0.29, 0.717) is 23.0 Å². The van der Waals surface area contributed by atoms with Crippen LogP contribution in [0.2, 0.25) is 0 Å². The highest BCUT2D eigenvalue weighted by atomic mass is 16.5. The number of nitrogens with zero attached hydrogens (tertiary/aromatic N) is 4. The van der Waals surface area contributed by atoms with Crippen molar-refractivity contribution in [2.45, 2.75) is 25.3 Å². The van der Waals surface area contributed by atoms with Crippen molar-refractivity contribution in [2.75, 3.05) is 7.11 Å². The van der Waals surface area contributed by atoms with Gasteiger partial charge in [-0.15, -0.1) is 5.10 Å². The van der Waals surface area contributed by atoms with Gasteiger partial charge < -0.3 is 10.1 Å². The van der Waals surface area contributed by atoms with Crippen molar-refractivity contribution in [1.29, 1.82) is 0 Å². The molecule has 7 heteroatoms. The van der Waals surface area contributed by atoms with Gasteiger partial charge in [0.2, 0.25) is 0 Å². The van der Waals surface area contributed by atoms with Crippen molar-refractivity contribution >= 4 is 5.91 Å². The topological polar surface area (TPSA) is 81.9 Å². The number of nitrogens with one attached hydrogen (secondary N) is 1. The van der Waals surface area contributed by atoms with E-state index in [0.717, 1.165) is 23.7 Å². The second-order valence-corrected chi connectivity index (χ2v) is 7.13. The molecule has 3 saturated carbocycles. The van der Waals surface area contributed by atoms with E-state index < -0.39 is 0 Å². The van der Waals surface area contributed by atoms with E-state index in [1.54, 1.807) is 25.3 Å². The molecule has 0 saturated heterocycles. The van der Waals surface area contributed by atoms with Gasteiger partial charge in [-0.25, -0.2) is 0 Å². The Morgan fingerprint density at radius 1 is 1.29 bits per heavy atom. The van der Waals surface area contributed by atoms with Crippen LogP contribution >= 0.6 is 0 Å². The smallest absolute Gasteiger partial charge is 0.251 e. The van der Waals surface area contributed by atoms with Gasteiger partial charge in [0, 0.05) is 11.6 Å². The van der Waals surface area contributed by atoms with Gasteiger partial charge >= 0.3 is 0 Å². The van der Waals surface area contributed by atoms with Crippen LogP contribution in [-0.4, -0.2) is 39.3 Å². The first kappa shape index (κ1) is 13.9. The molecule has 1 heterocycles. The lowest BCUT2D eigenvalue weighted by atomic mass is 10.0. The van der Waals surface area contributed by atoms with Gasteiger partial charge in [-0.05, 0) is 71.6 Å². The average molecular weight is 325 g/mol. The number of aromatic nitrogens is 4. The summed E-state index contributed by atoms with van der Waals surface area (Å²) in [7, 11) is 1.59. The van der Waals surface area contributed by atoms with Gasteiger partial charge in [0.1, 0.15) is 17.8 Å². The highest BCUT2D eigenvalue weighted by Crippen LogP contribution is 2.65. The zero-order chi connectivity index (χ0) is 16.3. The maximum Gasteiger partial charge on any atom is 0.251 e. The van der Waals surface area contributed by atoms with Crippen molar-refractivity contribution in [3.63, 3.8) is 0 Å². The molecule has 4 atom stereocenters. The van der Waals surface area contributed by atoms with E-state index >= 15 is 0 Å². The van der Waals surface area contributed by atoms with Crippen LogP contribution in [0.1, 0.15) is 29.6 Å². The first-order valence-electron chi connectivity index (χ1n) is 8.48. The van der Waals surface area contributed by atoms with Gasteiger partial charge in [0.05, 0.1) is 7.11 Å². The molecule has 1 amide bonds. The average Bonchev–Trinajstić information content (AvgIpc) is 3.06. The number of rotatable bonds is 4. The molecule has 0 aliphatic heterocycles. The molecular formula is C17H19N5O2. The molecule has 0 radical (unpaired) electrons. The highest BCUT2D eigenvalue weighted by Gasteiger charge is 2.65. The number of carbonyl (C=O) groups excluding carboxylic acids is 1. The number of carbonyl (C=O) groups is 1. The molecule has 3 fully saturated rings. The zero-order valence-electron chi connectivity index (χ0n) is 13.4. The van der Waals surface area contributed by atoms with E-state index in [-0.39, 0.29) is 5.91 Å². The van der Waals surface area contributed by atoms with Crippen LogP contribution in [0.25, 0.3) is 5.69 Å². The van der Waals surface area contributed by atoms with Gasteiger partial charge in [0.15, 0.2) is 0 Å². The monoisotopic (exact) mass is 325 g/mol. The maximum atomic E-state index is 12.7. The second kappa shape index (κ2) is 5.03. The SMILES string of the molecule is COc1ccc(C(=O)NC2[C@H]3[C@H]4CC[C@@H](C4)[C@H]23)cc1-n1cnnn1. The van der Waals surface area contributed by atoms with Gasteiger partial charge in [-0.1, -0.05) is 0 Å². The fourth-order valence-corrected chi connectivity index (χ4v) is 5.04. The molecule has 0 spiro atoms. The highest BCUT2D eigenvalue weighted by molar-refractivity contribution is 5.95. The van der Waals surface area contributed by atoms with Crippen LogP contribution < -0.4 is 10.1 Å². The molecule has 7 nitrogen and oxygen atoms in total. The van der Waals surface area contributed by atoms with Crippen LogP contribution in [-0.2, 0) is 0 Å². The van der Waals surface area contributed by atoms with Crippen molar-refractivity contribution in [3.05, 3.63) is 30.1 Å². The summed E-state index contributed by atoms with van der Waals surface area (Å²) in [6.45, 7) is 0. The molecule has 24 heavy (non-hydrogen) atoms. The summed E-state index contributed by atoms with van der Waals surface area (Å²) in [5.74, 6) is 3.75. The van der Waals surface area contributed by atoms with Crippen molar-refractivity contribution in [3.8, 4) is 11.4 Å². The fourth-order valence-electron chi connectivity index (χ4n) is 5.04. The number of amides is 1. The molecule has 0 unspecified atom stereocenters. The van der Waals surface area contributed by atoms with Crippen LogP contribution in [0.5, 0.6) is 5.75 Å². The summed E-state index contributed by atoms with van der Waals surface area (Å²) in [5.41, 5.74) is 1.27. The summed E-state index contributed by atoms with van der Waals surface area (Å²) in [6.07, 6.45) is 5.57. The minimum atomic E-state index is -0.0224. The zero-order valence-corrected chi connectivity index (χ0v) is 13.4. The Bertz CT molecular complexity index is 774. The predicted octanol–water partition coefficient (Wildman–Crippen LogP) is 1.45. The maximum absolute atomic E-state index is 12.7. The Balaban J connectivity index is 1.37. The number of hydrogen-bond donors (Lipinski definition) is 1. The van der Waals surface area contributed by atoms with Crippen molar-refractivity contribution < 1.29 is 9.53 Å². The normalized spacial score (nSPS) is 32.5. The number of fused-ring (bicyclic) bond motifs is 5. The molecule has 2 aromatic rings. The lowest BCUT2D eigenvalue weighted by Gasteiger charge is -2.12. The van der Waals surface area contributed by atoms with E-state index in [4.69, 9.17) is 4.74 Å². The predicted molar refractivity (Wildman–Crippen MR) is 84.8 cm³/mol. The van der Waals surface area contributed by atoms with Gasteiger partial charge in [0.25, 0.3) is 5.91 Å². The quantitative estimate of drug-likeness (QED) is 0.920. The van der Waals surface area contributed by atoms with Crippen LogP contribution in [0.15, 0.2) is 24.5 Å². The third kappa shape index (κ3) is 1.96. The molecule has 2 bridgehead atoms. The van der Waals surface area contributed by atoms with Gasteiger partial charge in [-0.3, -0.25) is 4.79 Å². The van der Waals surface area contributed by atoms with Gasteiger partial charge in [-0.2, -0.15) is 4.68 Å². The standard InChI is InChI=1S/C17H19N5O2/c1-24-13-5-4-11(7-12(13)22-8-18-20-21-22)17(23)19-16-14-9-2-3-10(6-9)15(14)16/h4-5,7-10,14-16H,2-3,6H2,1H3,(H,19,23)/t9-,10-,14-,15-/m0/s1. The number of tetrazole rings is 1. The molecule has 5 rings (SSSR count). The van der Waals surface area contributed by atoms with Crippen LogP contribution in [0.4, 0.5) is 0 Å². The Hall–Kier alpha value is -2.44. The van der Waals surface area contributed by atoms with E-state index in [2.05, 4.69) is 20.8 Å². The third-order valence-electron chi connectivity index (χ3n) is 6.07. The van der Waals surface area contributed by atoms with Crippen molar-refractivity contribution in [1.82, 2.24) is 25.5 Å². The minimum absolute atomic E-state index is 0.0224. The minimum Gasteiger partial charge on any atom is -0.494 e. The summed E-state index contributed by atoms with van der Waals surface area (Å²) in [5, 5.41) is 14.4. The molecule has 1 N–H and O–H groups in total. The van der Waals surface area contributed by atoms with Crippen molar-refractivity contribution in [2.24, 2.45) is 23.7 Å². The van der Waals surface area contributed by atoms with Crippen LogP contribution in [0.3, 0.4) is 0 Å². The van der Waals surface area contributed by atoms with E-state index in [1.165, 1.54) is 30.3 Å². The third-order valence-corrected chi connectivity index (χ3v) is 6.07. The second-order valence-electron chi connectivity index (χ2n) is 7.13. The summed E-state index contributed by atoms with van der Waals surface area (Å²) >= 11 is 0. The summed E-state index contributed by atoms with van der Waals surface area (Å²) in [6, 6.07) is 5.72. The molecule has 1 aromatic carbocycles. The molecule has 3 aliphatic carbocycles. The number of ether oxygens (including phenoxy) is 1. The van der Waals surface area contributed by atoms with E-state index in [1.807, 2.05) is 0 Å². The number of methoxy groups -OCH3 is 1. The lowest BCUT2D eigenvalue weighted by Crippen LogP contribution is -2.30. The Labute approximate surface area is 139 Å². The van der Waals surface area contributed by atoms with E-state index in [9.17, 15) is 4.79 Å². The Kier molecular flexibility index (Phi) is 2.92. The lowest BCUT2D eigenvalue weighted by molar-refractivity contribution is 0.0944. The van der Waals surface area contributed by atoms with Crippen LogP contribution in [0, 0.1) is 23.7 Å².